The molecule has 7 atom stereocenters. The SMILES string of the molecule is CCC1=CC=CC2(C=C(O)C=C2c2c(F)cc3c(N4CC5CCC(C4)N5)nc(OCC(CN4C5CCC4C(OC)C5)OC)nc3c2F)C1. The molecular weight excluding hydrogens is 616 g/mol. The summed E-state index contributed by atoms with van der Waals surface area (Å²) in [6, 6.07) is 2.80. The second-order valence-electron chi connectivity index (χ2n) is 14.4. The standard InChI is InChI=1S/C37H45F2N5O4/c1-4-21-6-5-11-37(15-21)16-25(45)13-28(37)32-29(38)14-27-34(33(32)39)41-36(42-35(27)43-17-22-7-8-23(18-43)40-22)48-20-26(46-2)19-44-24-9-10-30(44)31(12-24)47-3/h5-6,11,13-14,16,22-24,26,30-31,40,45H,4,7-10,12,15,17-20H2,1-3H3. The van der Waals surface area contributed by atoms with Crippen LogP contribution in [0.1, 0.15) is 57.4 Å². The lowest BCUT2D eigenvalue weighted by Gasteiger charge is -2.34. The molecule has 2 aromatic rings. The van der Waals surface area contributed by atoms with Gasteiger partial charge in [-0.2, -0.15) is 9.97 Å². The molecule has 11 heteroatoms. The fourth-order valence-electron chi connectivity index (χ4n) is 9.21. The number of aliphatic hydroxyl groups is 1. The molecule has 4 saturated heterocycles. The second-order valence-corrected chi connectivity index (χ2v) is 14.4. The van der Waals surface area contributed by atoms with Gasteiger partial charge in [-0.25, -0.2) is 8.78 Å². The van der Waals surface area contributed by atoms with Crippen LogP contribution in [0, 0.1) is 17.0 Å². The molecule has 1 aromatic heterocycles. The van der Waals surface area contributed by atoms with Crippen LogP contribution in [0.15, 0.2) is 47.8 Å². The van der Waals surface area contributed by atoms with Gasteiger partial charge in [0, 0.05) is 68.8 Å². The molecule has 6 aliphatic rings. The van der Waals surface area contributed by atoms with Gasteiger partial charge in [-0.15, -0.1) is 0 Å². The number of nitrogens with one attached hydrogen (secondary N) is 1. The summed E-state index contributed by atoms with van der Waals surface area (Å²) in [5.74, 6) is -1.03. The summed E-state index contributed by atoms with van der Waals surface area (Å²) in [4.78, 5) is 14.0. The largest absolute Gasteiger partial charge is 0.508 e. The zero-order chi connectivity index (χ0) is 33.2. The van der Waals surface area contributed by atoms with Crippen molar-refractivity contribution in [3.05, 3.63) is 65.0 Å². The first kappa shape index (κ1) is 31.9. The Balaban J connectivity index is 1.15. The Morgan fingerprint density at radius 3 is 2.67 bits per heavy atom. The third-order valence-corrected chi connectivity index (χ3v) is 11.6. The average molecular weight is 662 g/mol. The summed E-state index contributed by atoms with van der Waals surface area (Å²) in [5, 5.41) is 14.6. The molecule has 2 N–H and O–H groups in total. The zero-order valence-electron chi connectivity index (χ0n) is 27.9. The Bertz CT molecular complexity index is 1720. The van der Waals surface area contributed by atoms with Crippen LogP contribution in [0.25, 0.3) is 16.5 Å². The van der Waals surface area contributed by atoms with Crippen LogP contribution in [0.2, 0.25) is 0 Å². The van der Waals surface area contributed by atoms with E-state index in [-0.39, 0.29) is 53.7 Å². The number of hydrogen-bond donors (Lipinski definition) is 2. The zero-order valence-corrected chi connectivity index (χ0v) is 27.9. The first-order valence-electron chi connectivity index (χ1n) is 17.5. The third kappa shape index (κ3) is 5.43. The molecule has 9 nitrogen and oxygen atoms in total. The minimum absolute atomic E-state index is 0.000237. The molecule has 1 spiro atoms. The highest BCUT2D eigenvalue weighted by Gasteiger charge is 2.47. The first-order chi connectivity index (χ1) is 23.3. The number of aliphatic hydroxyl groups excluding tert-OH is 1. The highest BCUT2D eigenvalue weighted by atomic mass is 19.1. The molecule has 0 saturated carbocycles. The van der Waals surface area contributed by atoms with E-state index in [1.54, 1.807) is 20.3 Å². The van der Waals surface area contributed by atoms with E-state index in [0.717, 1.165) is 44.1 Å². The summed E-state index contributed by atoms with van der Waals surface area (Å²) >= 11 is 0. The van der Waals surface area contributed by atoms with Crippen LogP contribution >= 0.6 is 0 Å². The number of hydrogen-bond acceptors (Lipinski definition) is 9. The molecule has 5 heterocycles. The van der Waals surface area contributed by atoms with Gasteiger partial charge in [-0.05, 0) is 68.7 Å². The van der Waals surface area contributed by atoms with E-state index in [4.69, 9.17) is 19.2 Å². The molecule has 2 aliphatic carbocycles. The van der Waals surface area contributed by atoms with Gasteiger partial charge in [0.1, 0.15) is 35.6 Å². The Morgan fingerprint density at radius 1 is 1.12 bits per heavy atom. The van der Waals surface area contributed by atoms with E-state index in [0.29, 0.717) is 54.9 Å². The number of fused-ring (bicyclic) bond motifs is 5. The molecule has 4 aliphatic heterocycles. The summed E-state index contributed by atoms with van der Waals surface area (Å²) in [6.07, 6.45) is 15.7. The highest BCUT2D eigenvalue weighted by molar-refractivity contribution is 5.94. The van der Waals surface area contributed by atoms with Crippen molar-refractivity contribution in [1.29, 1.82) is 0 Å². The van der Waals surface area contributed by atoms with Gasteiger partial charge in [0.15, 0.2) is 5.82 Å². The van der Waals surface area contributed by atoms with E-state index in [1.165, 1.54) is 12.1 Å². The molecule has 4 fully saturated rings. The molecule has 0 amide bonds. The second kappa shape index (κ2) is 12.5. The van der Waals surface area contributed by atoms with Crippen molar-refractivity contribution in [2.45, 2.75) is 88.2 Å². The van der Waals surface area contributed by atoms with Crippen molar-refractivity contribution in [3.63, 3.8) is 0 Å². The summed E-state index contributed by atoms with van der Waals surface area (Å²) in [7, 11) is 3.45. The average Bonchev–Trinajstić information content (AvgIpc) is 3.83. The summed E-state index contributed by atoms with van der Waals surface area (Å²) in [5.41, 5.74) is 0.476. The number of rotatable bonds is 10. The summed E-state index contributed by atoms with van der Waals surface area (Å²) in [6.45, 7) is 4.27. The molecule has 48 heavy (non-hydrogen) atoms. The predicted molar refractivity (Wildman–Crippen MR) is 180 cm³/mol. The lowest BCUT2D eigenvalue weighted by atomic mass is 9.71. The van der Waals surface area contributed by atoms with Crippen LogP contribution in [0.4, 0.5) is 14.6 Å². The van der Waals surface area contributed by atoms with Crippen LogP contribution in [-0.2, 0) is 9.47 Å². The fraction of sp³-hybridized carbons (Fsp3) is 0.568. The number of aromatic nitrogens is 2. The van der Waals surface area contributed by atoms with Gasteiger partial charge < -0.3 is 29.5 Å². The number of ether oxygens (including phenoxy) is 3. The number of anilines is 1. The van der Waals surface area contributed by atoms with Gasteiger partial charge in [0.2, 0.25) is 0 Å². The Morgan fingerprint density at radius 2 is 1.94 bits per heavy atom. The van der Waals surface area contributed by atoms with Crippen LogP contribution < -0.4 is 15.0 Å². The molecule has 0 radical (unpaired) electrons. The third-order valence-electron chi connectivity index (χ3n) is 11.6. The van der Waals surface area contributed by atoms with Gasteiger partial charge >= 0.3 is 6.01 Å². The maximum Gasteiger partial charge on any atom is 0.319 e. The number of nitrogens with zero attached hydrogens (tertiary/aromatic N) is 4. The van der Waals surface area contributed by atoms with E-state index in [9.17, 15) is 5.11 Å². The van der Waals surface area contributed by atoms with Gasteiger partial charge in [0.25, 0.3) is 0 Å². The minimum atomic E-state index is -0.852. The number of halogens is 2. The molecular formula is C37H45F2N5O4. The van der Waals surface area contributed by atoms with E-state index in [1.807, 2.05) is 18.2 Å². The smallest absolute Gasteiger partial charge is 0.319 e. The van der Waals surface area contributed by atoms with Crippen LogP contribution in [-0.4, -0.2) is 96.8 Å². The monoisotopic (exact) mass is 661 g/mol. The van der Waals surface area contributed by atoms with Crippen molar-refractivity contribution < 1.29 is 28.1 Å². The molecule has 7 unspecified atom stereocenters. The van der Waals surface area contributed by atoms with E-state index >= 15 is 8.78 Å². The minimum Gasteiger partial charge on any atom is -0.508 e. The van der Waals surface area contributed by atoms with Crippen molar-refractivity contribution in [3.8, 4) is 6.01 Å². The normalized spacial score (nSPS) is 31.6. The Hall–Kier alpha value is -3.38. The summed E-state index contributed by atoms with van der Waals surface area (Å²) < 4.78 is 51.1. The molecule has 1 aromatic carbocycles. The van der Waals surface area contributed by atoms with Crippen molar-refractivity contribution in [2.75, 3.05) is 45.4 Å². The van der Waals surface area contributed by atoms with Crippen LogP contribution in [0.5, 0.6) is 6.01 Å². The molecule has 256 valence electrons. The van der Waals surface area contributed by atoms with Gasteiger partial charge in [0.05, 0.1) is 11.7 Å². The van der Waals surface area contributed by atoms with Crippen molar-refractivity contribution in [2.24, 2.45) is 5.41 Å². The van der Waals surface area contributed by atoms with Crippen molar-refractivity contribution in [1.82, 2.24) is 20.2 Å². The molecule has 4 bridgehead atoms. The number of piperazine rings is 1. The Labute approximate surface area is 280 Å². The Kier molecular flexibility index (Phi) is 8.30. The number of benzene rings is 1. The first-order valence-corrected chi connectivity index (χ1v) is 17.5. The van der Waals surface area contributed by atoms with Crippen molar-refractivity contribution >= 4 is 22.3 Å². The fourth-order valence-corrected chi connectivity index (χ4v) is 9.21. The van der Waals surface area contributed by atoms with E-state index in [2.05, 4.69) is 27.0 Å². The quantitative estimate of drug-likeness (QED) is 0.337. The van der Waals surface area contributed by atoms with Gasteiger partial charge in [-0.3, -0.25) is 4.90 Å². The number of allylic oxidation sites excluding steroid dienone is 7. The number of methoxy groups -OCH3 is 2. The maximum absolute atomic E-state index is 17.0. The predicted octanol–water partition coefficient (Wildman–Crippen LogP) is 5.62. The highest BCUT2D eigenvalue weighted by Crippen LogP contribution is 2.52. The van der Waals surface area contributed by atoms with E-state index < -0.39 is 17.0 Å². The molecule has 8 rings (SSSR count). The van der Waals surface area contributed by atoms with Crippen LogP contribution in [0.3, 0.4) is 0 Å². The topological polar surface area (TPSA) is 92.2 Å². The van der Waals surface area contributed by atoms with Gasteiger partial charge in [-0.1, -0.05) is 30.7 Å². The maximum atomic E-state index is 17.0. The lowest BCUT2D eigenvalue weighted by Crippen LogP contribution is -2.51. The lowest BCUT2D eigenvalue weighted by molar-refractivity contribution is 0.0127.